The van der Waals surface area contributed by atoms with Gasteiger partial charge in [0.1, 0.15) is 0 Å². The van der Waals surface area contributed by atoms with Gasteiger partial charge in [0.2, 0.25) is 0 Å². The highest BCUT2D eigenvalue weighted by molar-refractivity contribution is 14.1. The van der Waals surface area contributed by atoms with Crippen molar-refractivity contribution in [3.05, 3.63) is 50.3 Å². The average molecular weight is 383 g/mol. The van der Waals surface area contributed by atoms with Gasteiger partial charge < -0.3 is 5.32 Å². The van der Waals surface area contributed by atoms with Crippen molar-refractivity contribution in [3.8, 4) is 0 Å². The van der Waals surface area contributed by atoms with E-state index in [4.69, 9.17) is 0 Å². The first-order chi connectivity index (χ1) is 9.15. The van der Waals surface area contributed by atoms with Crippen molar-refractivity contribution < 1.29 is 0 Å². The molecule has 0 amide bonds. The molecule has 0 unspecified atom stereocenters. The number of anilines is 1. The minimum Gasteiger partial charge on any atom is -0.379 e. The van der Waals surface area contributed by atoms with Gasteiger partial charge in [0.05, 0.1) is 17.9 Å². The molecule has 0 aliphatic rings. The van der Waals surface area contributed by atoms with Crippen LogP contribution in [0.25, 0.3) is 4.96 Å². The number of hydrogen-bond acceptors (Lipinski definition) is 3. The molecule has 98 valence electrons. The summed E-state index contributed by atoms with van der Waals surface area (Å²) in [5.74, 6) is 0. The van der Waals surface area contributed by atoms with Crippen LogP contribution in [0, 0.1) is 17.4 Å². The Kier molecular flexibility index (Phi) is 3.49. The molecule has 0 fully saturated rings. The Morgan fingerprint density at radius 3 is 3.00 bits per heavy atom. The van der Waals surface area contributed by atoms with Gasteiger partial charge in [-0.2, -0.15) is 0 Å². The van der Waals surface area contributed by atoms with Crippen LogP contribution in [0.5, 0.6) is 0 Å². The number of imidazole rings is 1. The van der Waals surface area contributed by atoms with E-state index in [0.717, 1.165) is 22.9 Å². The Morgan fingerprint density at radius 1 is 1.37 bits per heavy atom. The van der Waals surface area contributed by atoms with E-state index >= 15 is 0 Å². The topological polar surface area (TPSA) is 29.3 Å². The number of fused-ring (bicyclic) bond motifs is 1. The molecule has 1 aromatic carbocycles. The molecular weight excluding hydrogens is 369 g/mol. The Morgan fingerprint density at radius 2 is 2.21 bits per heavy atom. The molecule has 0 aliphatic carbocycles. The van der Waals surface area contributed by atoms with E-state index in [2.05, 4.69) is 80.9 Å². The number of nitrogens with zero attached hydrogens (tertiary/aromatic N) is 2. The Hall–Kier alpha value is -1.08. The highest BCUT2D eigenvalue weighted by Crippen LogP contribution is 2.20. The lowest BCUT2D eigenvalue weighted by atomic mass is 10.2. The van der Waals surface area contributed by atoms with E-state index < -0.39 is 0 Å². The predicted octanol–water partition coefficient (Wildman–Crippen LogP) is 4.23. The number of aromatic nitrogens is 2. The maximum atomic E-state index is 4.56. The van der Waals surface area contributed by atoms with Gasteiger partial charge in [-0.15, -0.1) is 11.3 Å². The fourth-order valence-corrected chi connectivity index (χ4v) is 3.34. The summed E-state index contributed by atoms with van der Waals surface area (Å²) >= 11 is 4.04. The second-order valence-electron chi connectivity index (χ2n) is 4.52. The second kappa shape index (κ2) is 5.13. The first-order valence-electron chi connectivity index (χ1n) is 6.06. The van der Waals surface area contributed by atoms with Crippen molar-refractivity contribution in [2.45, 2.75) is 20.4 Å². The second-order valence-corrected chi connectivity index (χ2v) is 6.55. The van der Waals surface area contributed by atoms with E-state index in [-0.39, 0.29) is 0 Å². The molecule has 0 spiro atoms. The molecule has 0 saturated heterocycles. The first kappa shape index (κ1) is 12.9. The summed E-state index contributed by atoms with van der Waals surface area (Å²) in [5, 5.41) is 5.55. The molecule has 3 nitrogen and oxygen atoms in total. The van der Waals surface area contributed by atoms with Crippen LogP contribution in [-0.4, -0.2) is 9.38 Å². The molecular formula is C14H14IN3S. The van der Waals surface area contributed by atoms with Crippen LogP contribution < -0.4 is 5.32 Å². The molecule has 0 aliphatic heterocycles. The van der Waals surface area contributed by atoms with Crippen LogP contribution in [0.2, 0.25) is 0 Å². The molecule has 0 radical (unpaired) electrons. The highest BCUT2D eigenvalue weighted by Gasteiger charge is 2.09. The maximum Gasteiger partial charge on any atom is 0.194 e. The number of halogens is 1. The maximum absolute atomic E-state index is 4.56. The fourth-order valence-electron chi connectivity index (χ4n) is 2.04. The minimum atomic E-state index is 0.795. The van der Waals surface area contributed by atoms with E-state index in [1.54, 1.807) is 11.3 Å². The normalized spacial score (nSPS) is 11.1. The van der Waals surface area contributed by atoms with E-state index in [9.17, 15) is 0 Å². The summed E-state index contributed by atoms with van der Waals surface area (Å²) in [4.78, 5) is 5.62. The summed E-state index contributed by atoms with van der Waals surface area (Å²) in [6.45, 7) is 4.99. The number of thiazole rings is 1. The van der Waals surface area contributed by atoms with Crippen molar-refractivity contribution in [1.29, 1.82) is 0 Å². The van der Waals surface area contributed by atoms with Crippen molar-refractivity contribution >= 4 is 44.6 Å². The first-order valence-corrected chi connectivity index (χ1v) is 8.02. The fraction of sp³-hybridized carbons (Fsp3) is 0.214. The molecule has 3 rings (SSSR count). The molecule has 0 bridgehead atoms. The molecule has 2 heterocycles. The summed E-state index contributed by atoms with van der Waals surface area (Å²) in [6.07, 6.45) is 2.08. The molecule has 3 aromatic rings. The number of aryl methyl sites for hydroxylation is 2. The number of hydrogen-bond donors (Lipinski definition) is 1. The number of benzene rings is 1. The molecule has 1 N–H and O–H groups in total. The largest absolute Gasteiger partial charge is 0.379 e. The van der Waals surface area contributed by atoms with Crippen LogP contribution in [-0.2, 0) is 6.54 Å². The molecule has 2 aromatic heterocycles. The van der Waals surface area contributed by atoms with Crippen molar-refractivity contribution in [2.75, 3.05) is 5.32 Å². The SMILES string of the molecule is Cc1ccc(NCc2c(C)nc3sccn23)cc1I. The summed E-state index contributed by atoms with van der Waals surface area (Å²) < 4.78 is 3.44. The summed E-state index contributed by atoms with van der Waals surface area (Å²) in [7, 11) is 0. The van der Waals surface area contributed by atoms with Crippen LogP contribution in [0.3, 0.4) is 0 Å². The van der Waals surface area contributed by atoms with Crippen LogP contribution >= 0.6 is 33.9 Å². The van der Waals surface area contributed by atoms with Gasteiger partial charge in [-0.3, -0.25) is 4.40 Å². The Labute approximate surface area is 129 Å². The molecule has 0 saturated carbocycles. The third-order valence-electron chi connectivity index (χ3n) is 3.19. The third-order valence-corrected chi connectivity index (χ3v) is 5.11. The van der Waals surface area contributed by atoms with Gasteiger partial charge in [-0.1, -0.05) is 6.07 Å². The minimum absolute atomic E-state index is 0.795. The van der Waals surface area contributed by atoms with Crippen molar-refractivity contribution in [3.63, 3.8) is 0 Å². The van der Waals surface area contributed by atoms with Crippen LogP contribution in [0.4, 0.5) is 5.69 Å². The molecule has 19 heavy (non-hydrogen) atoms. The average Bonchev–Trinajstić information content (AvgIpc) is 2.92. The lowest BCUT2D eigenvalue weighted by molar-refractivity contribution is 0.994. The third kappa shape index (κ3) is 2.49. The van der Waals surface area contributed by atoms with Crippen molar-refractivity contribution in [2.24, 2.45) is 0 Å². The zero-order valence-electron chi connectivity index (χ0n) is 10.8. The zero-order chi connectivity index (χ0) is 13.4. The smallest absolute Gasteiger partial charge is 0.194 e. The predicted molar refractivity (Wildman–Crippen MR) is 89.0 cm³/mol. The molecule has 0 atom stereocenters. The van der Waals surface area contributed by atoms with Gasteiger partial charge in [0.15, 0.2) is 4.96 Å². The zero-order valence-corrected chi connectivity index (χ0v) is 13.7. The monoisotopic (exact) mass is 383 g/mol. The number of rotatable bonds is 3. The summed E-state index contributed by atoms with van der Waals surface area (Å²) in [6, 6.07) is 6.45. The van der Waals surface area contributed by atoms with Gasteiger partial charge in [-0.05, 0) is 54.1 Å². The quantitative estimate of drug-likeness (QED) is 0.686. The van der Waals surface area contributed by atoms with Crippen molar-refractivity contribution in [1.82, 2.24) is 9.38 Å². The lowest BCUT2D eigenvalue weighted by Crippen LogP contribution is -2.03. The van der Waals surface area contributed by atoms with Gasteiger partial charge in [-0.25, -0.2) is 4.98 Å². The van der Waals surface area contributed by atoms with Crippen LogP contribution in [0.15, 0.2) is 29.8 Å². The van der Waals surface area contributed by atoms with Gasteiger partial charge in [0.25, 0.3) is 0 Å². The Bertz CT molecular complexity index is 729. The van der Waals surface area contributed by atoms with E-state index in [1.165, 1.54) is 14.8 Å². The standard InChI is InChI=1S/C14H14IN3S/c1-9-3-4-11(7-12(9)15)16-8-13-10(2)17-14-18(13)5-6-19-14/h3-7,16H,8H2,1-2H3. The van der Waals surface area contributed by atoms with Gasteiger partial charge in [0, 0.05) is 20.8 Å². The van der Waals surface area contributed by atoms with E-state index in [0.29, 0.717) is 0 Å². The van der Waals surface area contributed by atoms with Crippen LogP contribution in [0.1, 0.15) is 17.0 Å². The Balaban J connectivity index is 1.83. The number of nitrogens with one attached hydrogen (secondary N) is 1. The molecule has 5 heteroatoms. The van der Waals surface area contributed by atoms with E-state index in [1.807, 2.05) is 0 Å². The summed E-state index contributed by atoms with van der Waals surface area (Å²) in [5.41, 5.74) is 4.79. The lowest BCUT2D eigenvalue weighted by Gasteiger charge is -2.08. The van der Waals surface area contributed by atoms with Gasteiger partial charge >= 0.3 is 0 Å². The highest BCUT2D eigenvalue weighted by atomic mass is 127.